The van der Waals surface area contributed by atoms with E-state index < -0.39 is 0 Å². The van der Waals surface area contributed by atoms with Crippen LogP contribution in [0.4, 0.5) is 0 Å². The molecule has 0 radical (unpaired) electrons. The molecule has 0 aliphatic carbocycles. The second kappa shape index (κ2) is 4.94. The second-order valence-electron chi connectivity index (χ2n) is 4.06. The van der Waals surface area contributed by atoms with Gasteiger partial charge in [-0.3, -0.25) is 4.68 Å². The Hall–Kier alpha value is -1.26. The predicted molar refractivity (Wildman–Crippen MR) is 66.9 cm³/mol. The first-order chi connectivity index (χ1) is 8.11. The first kappa shape index (κ1) is 12.2. The number of nitrogens with zero attached hydrogens (tertiary/aromatic N) is 2. The molecule has 0 aliphatic heterocycles. The Morgan fingerprint density at radius 3 is 2.88 bits per heavy atom. The van der Waals surface area contributed by atoms with Gasteiger partial charge in [0.05, 0.1) is 12.0 Å². The van der Waals surface area contributed by atoms with Crippen LogP contribution in [0.1, 0.15) is 29.9 Å². The SMILES string of the molecule is CCc1cc(CC(N)c2ccoc2Cl)n(C)n1. The molecule has 92 valence electrons. The van der Waals surface area contributed by atoms with Crippen molar-refractivity contribution in [3.05, 3.63) is 40.6 Å². The molecule has 5 heteroatoms. The fourth-order valence-electron chi connectivity index (χ4n) is 1.84. The fraction of sp³-hybridized carbons (Fsp3) is 0.417. The van der Waals surface area contributed by atoms with E-state index in [1.165, 1.54) is 0 Å². The van der Waals surface area contributed by atoms with E-state index in [0.29, 0.717) is 11.6 Å². The summed E-state index contributed by atoms with van der Waals surface area (Å²) in [5.74, 6) is 0. The largest absolute Gasteiger partial charge is 0.453 e. The van der Waals surface area contributed by atoms with Gasteiger partial charge in [-0.05, 0) is 30.2 Å². The van der Waals surface area contributed by atoms with Crippen molar-refractivity contribution >= 4 is 11.6 Å². The van der Waals surface area contributed by atoms with Crippen LogP contribution in [0.2, 0.25) is 5.22 Å². The van der Waals surface area contributed by atoms with Crippen molar-refractivity contribution < 1.29 is 4.42 Å². The van der Waals surface area contributed by atoms with Crippen molar-refractivity contribution in [3.8, 4) is 0 Å². The summed E-state index contributed by atoms with van der Waals surface area (Å²) in [6, 6.07) is 3.72. The van der Waals surface area contributed by atoms with Gasteiger partial charge in [-0.1, -0.05) is 6.92 Å². The Balaban J connectivity index is 2.15. The van der Waals surface area contributed by atoms with Crippen LogP contribution in [0.5, 0.6) is 0 Å². The van der Waals surface area contributed by atoms with Crippen LogP contribution in [-0.2, 0) is 19.9 Å². The number of furan rings is 1. The van der Waals surface area contributed by atoms with E-state index in [1.807, 2.05) is 17.8 Å². The number of aryl methyl sites for hydroxylation is 2. The maximum atomic E-state index is 6.11. The van der Waals surface area contributed by atoms with E-state index in [1.54, 1.807) is 6.26 Å². The molecular weight excluding hydrogens is 238 g/mol. The van der Waals surface area contributed by atoms with Crippen LogP contribution in [0.15, 0.2) is 22.8 Å². The number of aromatic nitrogens is 2. The number of hydrogen-bond acceptors (Lipinski definition) is 3. The molecule has 2 aromatic heterocycles. The van der Waals surface area contributed by atoms with E-state index in [9.17, 15) is 0 Å². The maximum Gasteiger partial charge on any atom is 0.197 e. The van der Waals surface area contributed by atoms with Gasteiger partial charge in [0.25, 0.3) is 0 Å². The normalized spacial score (nSPS) is 12.9. The van der Waals surface area contributed by atoms with Gasteiger partial charge < -0.3 is 10.2 Å². The minimum atomic E-state index is -0.165. The van der Waals surface area contributed by atoms with Gasteiger partial charge in [0.15, 0.2) is 5.22 Å². The van der Waals surface area contributed by atoms with Crippen molar-refractivity contribution in [2.75, 3.05) is 0 Å². The average molecular weight is 254 g/mol. The summed E-state index contributed by atoms with van der Waals surface area (Å²) in [6.45, 7) is 2.08. The predicted octanol–water partition coefficient (Wildman–Crippen LogP) is 2.47. The Bertz CT molecular complexity index is 504. The van der Waals surface area contributed by atoms with Crippen molar-refractivity contribution in [1.29, 1.82) is 0 Å². The van der Waals surface area contributed by atoms with Crippen molar-refractivity contribution in [3.63, 3.8) is 0 Å². The molecule has 0 saturated heterocycles. The Labute approximate surface area is 105 Å². The first-order valence-electron chi connectivity index (χ1n) is 5.62. The third-order valence-corrected chi connectivity index (χ3v) is 3.17. The molecule has 1 atom stereocenters. The Morgan fingerprint density at radius 1 is 1.59 bits per heavy atom. The van der Waals surface area contributed by atoms with E-state index in [4.69, 9.17) is 21.8 Å². The second-order valence-corrected chi connectivity index (χ2v) is 4.41. The lowest BCUT2D eigenvalue weighted by Gasteiger charge is -2.09. The highest BCUT2D eigenvalue weighted by molar-refractivity contribution is 6.29. The summed E-state index contributed by atoms with van der Waals surface area (Å²) >= 11 is 5.90. The van der Waals surface area contributed by atoms with Crippen molar-refractivity contribution in [2.24, 2.45) is 12.8 Å². The van der Waals surface area contributed by atoms with Crippen LogP contribution in [0.25, 0.3) is 0 Å². The third kappa shape index (κ3) is 2.53. The topological polar surface area (TPSA) is 57.0 Å². The minimum Gasteiger partial charge on any atom is -0.453 e. The smallest absolute Gasteiger partial charge is 0.197 e. The summed E-state index contributed by atoms with van der Waals surface area (Å²) in [4.78, 5) is 0. The standard InChI is InChI=1S/C12H16ClN3O/c1-3-8-6-9(16(2)15-8)7-11(14)10-4-5-17-12(10)13/h4-6,11H,3,7,14H2,1-2H3. The Morgan fingerprint density at radius 2 is 2.35 bits per heavy atom. The average Bonchev–Trinajstić information content (AvgIpc) is 2.86. The zero-order valence-electron chi connectivity index (χ0n) is 9.98. The molecule has 1 unspecified atom stereocenters. The molecule has 0 aliphatic rings. The van der Waals surface area contributed by atoms with E-state index in [2.05, 4.69) is 18.1 Å². The maximum absolute atomic E-state index is 6.11. The Kier molecular flexibility index (Phi) is 3.54. The third-order valence-electron chi connectivity index (χ3n) is 2.86. The summed E-state index contributed by atoms with van der Waals surface area (Å²) < 4.78 is 6.91. The minimum absolute atomic E-state index is 0.165. The van der Waals surface area contributed by atoms with Gasteiger partial charge in [-0.15, -0.1) is 0 Å². The van der Waals surface area contributed by atoms with E-state index >= 15 is 0 Å². The van der Waals surface area contributed by atoms with E-state index in [-0.39, 0.29) is 6.04 Å². The number of nitrogens with two attached hydrogens (primary N) is 1. The summed E-state index contributed by atoms with van der Waals surface area (Å²) in [6.07, 6.45) is 3.18. The number of hydrogen-bond donors (Lipinski definition) is 1. The number of halogens is 1. The lowest BCUT2D eigenvalue weighted by molar-refractivity contribution is 0.558. The van der Waals surface area contributed by atoms with Gasteiger partial charge in [0.1, 0.15) is 0 Å². The quantitative estimate of drug-likeness (QED) is 0.911. The molecule has 2 N–H and O–H groups in total. The molecule has 0 spiro atoms. The molecule has 0 aromatic carbocycles. The molecule has 0 fully saturated rings. The highest BCUT2D eigenvalue weighted by atomic mass is 35.5. The summed E-state index contributed by atoms with van der Waals surface area (Å²) in [5.41, 5.74) is 9.13. The first-order valence-corrected chi connectivity index (χ1v) is 6.00. The summed E-state index contributed by atoms with van der Waals surface area (Å²) in [7, 11) is 1.93. The van der Waals surface area contributed by atoms with Crippen LogP contribution in [0, 0.1) is 0 Å². The van der Waals surface area contributed by atoms with Crippen LogP contribution in [-0.4, -0.2) is 9.78 Å². The van der Waals surface area contributed by atoms with Crippen LogP contribution in [0.3, 0.4) is 0 Å². The molecule has 2 heterocycles. The highest BCUT2D eigenvalue weighted by Gasteiger charge is 2.15. The van der Waals surface area contributed by atoms with Gasteiger partial charge in [0, 0.05) is 30.8 Å². The van der Waals surface area contributed by atoms with Gasteiger partial charge >= 0.3 is 0 Å². The molecule has 4 nitrogen and oxygen atoms in total. The molecule has 0 amide bonds. The molecule has 0 bridgehead atoms. The number of rotatable bonds is 4. The van der Waals surface area contributed by atoms with Crippen LogP contribution < -0.4 is 5.73 Å². The van der Waals surface area contributed by atoms with Gasteiger partial charge in [0.2, 0.25) is 0 Å². The zero-order valence-corrected chi connectivity index (χ0v) is 10.7. The van der Waals surface area contributed by atoms with Gasteiger partial charge in [-0.25, -0.2) is 0 Å². The lowest BCUT2D eigenvalue weighted by atomic mass is 10.1. The highest BCUT2D eigenvalue weighted by Crippen LogP contribution is 2.25. The lowest BCUT2D eigenvalue weighted by Crippen LogP contribution is -2.15. The van der Waals surface area contributed by atoms with Gasteiger partial charge in [-0.2, -0.15) is 5.10 Å². The summed E-state index contributed by atoms with van der Waals surface area (Å²) in [5, 5.41) is 4.76. The monoisotopic (exact) mass is 253 g/mol. The molecule has 2 aromatic rings. The van der Waals surface area contributed by atoms with Crippen molar-refractivity contribution in [1.82, 2.24) is 9.78 Å². The molecule has 2 rings (SSSR count). The zero-order chi connectivity index (χ0) is 12.4. The fourth-order valence-corrected chi connectivity index (χ4v) is 2.10. The molecule has 17 heavy (non-hydrogen) atoms. The van der Waals surface area contributed by atoms with Crippen molar-refractivity contribution in [2.45, 2.75) is 25.8 Å². The molecule has 0 saturated carbocycles. The molecular formula is C12H16ClN3O. The van der Waals surface area contributed by atoms with E-state index in [0.717, 1.165) is 23.4 Å². The van der Waals surface area contributed by atoms with Crippen LogP contribution >= 0.6 is 11.6 Å².